The zero-order chi connectivity index (χ0) is 84.1. The van der Waals surface area contributed by atoms with Gasteiger partial charge in [-0.1, -0.05) is 264 Å². The van der Waals surface area contributed by atoms with Crippen LogP contribution in [0.15, 0.2) is 365 Å². The summed E-state index contributed by atoms with van der Waals surface area (Å²) in [5.74, 6) is 0. The number of aryl methyl sites for hydroxylation is 8. The van der Waals surface area contributed by atoms with E-state index in [9.17, 15) is 10.5 Å². The normalized spacial score (nSPS) is 11.5. The van der Waals surface area contributed by atoms with Crippen molar-refractivity contribution in [2.24, 2.45) is 0 Å². The Hall–Kier alpha value is -16.0. The molecule has 0 fully saturated rings. The second kappa shape index (κ2) is 30.7. The molecule has 22 rings (SSSR count). The molecule has 8 heteroatoms. The molecule has 0 aliphatic heterocycles. The first kappa shape index (κ1) is 75.5. The third kappa shape index (κ3) is 13.2. The van der Waals surface area contributed by atoms with E-state index < -0.39 is 0 Å². The SMILES string of the molecule is Cc1ccc(-c2ccc3c(c2)c2cc(-c4ccc(C)cc4)ccc2n3-c2cncc(-n3c4ccc(-c5ccc(C)cc5)cc4c4cc(-c5ccc(C)cc5)ccc43)c2-c2ccc(C#N)cc2)cc1.Cc1ccc(-c2ccc3c(c2)c2ccccc2n3-c2cncc(-n3c4ccccc4c4cc(-c5ccc(C)cc5C)ccc43)c2-c2ccc(C#N)cc2)c(C)c1. The summed E-state index contributed by atoms with van der Waals surface area (Å²) in [6.07, 6.45) is 8.01. The van der Waals surface area contributed by atoms with Crippen LogP contribution < -0.4 is 0 Å². The second-order valence-corrected chi connectivity index (χ2v) is 33.4. The molecule has 16 aromatic carbocycles. The molecule has 0 unspecified atom stereocenters. The number of nitriles is 2. The van der Waals surface area contributed by atoms with Crippen molar-refractivity contribution < 1.29 is 0 Å². The summed E-state index contributed by atoms with van der Waals surface area (Å²) in [5.41, 5.74) is 42.1. The molecule has 0 saturated heterocycles. The topological polar surface area (TPSA) is 93.1 Å². The molecule has 6 heterocycles. The van der Waals surface area contributed by atoms with Crippen molar-refractivity contribution in [1.29, 1.82) is 10.5 Å². The van der Waals surface area contributed by atoms with Crippen molar-refractivity contribution in [2.75, 3.05) is 0 Å². The van der Waals surface area contributed by atoms with Crippen LogP contribution in [0.5, 0.6) is 0 Å². The average Bonchev–Trinajstić information content (AvgIpc) is 1.56. The Morgan fingerprint density at radius 2 is 0.427 bits per heavy atom. The standard InChI is InChI=1S/C64H46N4.C52H38N4/c1-40-5-15-45(16-6-40)50-25-29-58-54(33-50)55-34-51(46-17-7-41(2)8-18-46)26-30-59(55)67(58)62-38-66-39-63(64(62)49-23-13-44(37-65)14-24-49)68-60-31-27-52(47-19-9-42(3)10-20-47)35-56(60)57-36-53(28-32-61(57)68)48-21-11-43(4)12-22-48;1-32-13-21-40(34(3)25-32)38-19-23-48-44(27-38)42-9-5-7-11-46(42)55(48)50-30-54-31-51(52(50)37-17-15-36(29-53)16-18-37)56-47-12-8-6-10-43(47)45-28-39(20-24-49(45)56)41-22-14-33(2)26-35(41)4/h5-36,38-39H,1-4H3;5-28,30-31H,1-4H3. The summed E-state index contributed by atoms with van der Waals surface area (Å²) >= 11 is 0. The van der Waals surface area contributed by atoms with E-state index in [1.165, 1.54) is 111 Å². The molecule has 0 aliphatic carbocycles. The highest BCUT2D eigenvalue weighted by molar-refractivity contribution is 6.16. The first-order valence-electron chi connectivity index (χ1n) is 42.3. The highest BCUT2D eigenvalue weighted by Gasteiger charge is 2.27. The van der Waals surface area contributed by atoms with Crippen LogP contribution in [-0.4, -0.2) is 28.2 Å². The van der Waals surface area contributed by atoms with Crippen molar-refractivity contribution >= 4 is 87.2 Å². The lowest BCUT2D eigenvalue weighted by atomic mass is 9.97. The number of hydrogen-bond donors (Lipinski definition) is 0. The molecule has 0 amide bonds. The highest BCUT2D eigenvalue weighted by atomic mass is 15.1. The van der Waals surface area contributed by atoms with Crippen LogP contribution in [0.3, 0.4) is 0 Å². The monoisotopic (exact) mass is 1590 g/mol. The predicted octanol–water partition coefficient (Wildman–Crippen LogP) is 30.1. The molecule has 588 valence electrons. The van der Waals surface area contributed by atoms with Gasteiger partial charge in [0.1, 0.15) is 0 Å². The lowest BCUT2D eigenvalue weighted by molar-refractivity contribution is 1.09. The number of nitrogens with zero attached hydrogens (tertiary/aromatic N) is 8. The first-order valence-corrected chi connectivity index (χ1v) is 42.3. The molecule has 22 aromatic rings. The minimum absolute atomic E-state index is 0.610. The molecule has 0 atom stereocenters. The minimum Gasteiger partial charge on any atom is -0.307 e. The Labute approximate surface area is 720 Å². The molecule has 0 radical (unpaired) electrons. The van der Waals surface area contributed by atoms with E-state index in [4.69, 9.17) is 9.97 Å². The van der Waals surface area contributed by atoms with Crippen LogP contribution in [0.2, 0.25) is 0 Å². The molecule has 0 N–H and O–H groups in total. The minimum atomic E-state index is 0.610. The fourth-order valence-corrected chi connectivity index (χ4v) is 18.9. The predicted molar refractivity (Wildman–Crippen MR) is 517 cm³/mol. The third-order valence-corrected chi connectivity index (χ3v) is 25.2. The molecule has 0 aliphatic rings. The maximum absolute atomic E-state index is 9.99. The number of pyridine rings is 2. The van der Waals surface area contributed by atoms with Crippen LogP contribution in [0.25, 0.3) is 199 Å². The van der Waals surface area contributed by atoms with E-state index in [1.807, 2.05) is 49.1 Å². The smallest absolute Gasteiger partial charge is 0.0991 e. The molecule has 124 heavy (non-hydrogen) atoms. The Kier molecular flexibility index (Phi) is 18.7. The number of benzene rings is 16. The van der Waals surface area contributed by atoms with Gasteiger partial charge < -0.3 is 18.3 Å². The number of hydrogen-bond acceptors (Lipinski definition) is 4. The largest absolute Gasteiger partial charge is 0.307 e. The van der Waals surface area contributed by atoms with Gasteiger partial charge >= 0.3 is 0 Å². The zero-order valence-corrected chi connectivity index (χ0v) is 70.2. The number of rotatable bonds is 12. The van der Waals surface area contributed by atoms with Gasteiger partial charge in [0.25, 0.3) is 0 Å². The molecule has 0 spiro atoms. The van der Waals surface area contributed by atoms with Gasteiger partial charge in [-0.15, -0.1) is 0 Å². The number of aromatic nitrogens is 6. The second-order valence-electron chi connectivity index (χ2n) is 33.4. The van der Waals surface area contributed by atoms with Crippen LogP contribution in [0, 0.1) is 78.1 Å². The Morgan fingerprint density at radius 3 is 0.702 bits per heavy atom. The lowest BCUT2D eigenvalue weighted by Crippen LogP contribution is -2.05. The van der Waals surface area contributed by atoms with Gasteiger partial charge in [-0.05, 0) is 254 Å². The van der Waals surface area contributed by atoms with Crippen molar-refractivity contribution in [3.63, 3.8) is 0 Å². The van der Waals surface area contributed by atoms with Gasteiger partial charge in [0.2, 0.25) is 0 Å². The van der Waals surface area contributed by atoms with Gasteiger partial charge in [-0.25, -0.2) is 0 Å². The Bertz CT molecular complexity index is 7530. The summed E-state index contributed by atoms with van der Waals surface area (Å²) in [7, 11) is 0. The van der Waals surface area contributed by atoms with Crippen LogP contribution in [-0.2, 0) is 0 Å². The van der Waals surface area contributed by atoms with E-state index >= 15 is 0 Å². The van der Waals surface area contributed by atoms with Gasteiger partial charge in [0.05, 0.1) is 115 Å². The molecule has 0 bridgehead atoms. The molecular weight excluding hydrogens is 1510 g/mol. The maximum atomic E-state index is 9.99. The van der Waals surface area contributed by atoms with E-state index in [0.29, 0.717) is 11.1 Å². The molecule has 6 aromatic heterocycles. The molecule has 8 nitrogen and oxygen atoms in total. The van der Waals surface area contributed by atoms with E-state index in [0.717, 1.165) is 133 Å². The fraction of sp³-hybridized carbons (Fsp3) is 0.0690. The summed E-state index contributed by atoms with van der Waals surface area (Å²) in [6.45, 7) is 17.2. The Morgan fingerprint density at radius 1 is 0.202 bits per heavy atom. The fourth-order valence-electron chi connectivity index (χ4n) is 18.9. The summed E-state index contributed by atoms with van der Waals surface area (Å²) in [4.78, 5) is 10.2. The lowest BCUT2D eigenvalue weighted by Gasteiger charge is -2.20. The van der Waals surface area contributed by atoms with E-state index in [-0.39, 0.29) is 0 Å². The third-order valence-electron chi connectivity index (χ3n) is 25.2. The zero-order valence-electron chi connectivity index (χ0n) is 70.2. The highest BCUT2D eigenvalue weighted by Crippen LogP contribution is 2.48. The van der Waals surface area contributed by atoms with E-state index in [1.54, 1.807) is 0 Å². The summed E-state index contributed by atoms with van der Waals surface area (Å²) in [6, 6.07) is 128. The van der Waals surface area contributed by atoms with Crippen LogP contribution >= 0.6 is 0 Å². The molecule has 0 saturated carbocycles. The summed E-state index contributed by atoms with van der Waals surface area (Å²) < 4.78 is 9.52. The number of fused-ring (bicyclic) bond motifs is 12. The molecular formula is C116H84N8. The van der Waals surface area contributed by atoms with Crippen molar-refractivity contribution in [3.8, 4) is 124 Å². The van der Waals surface area contributed by atoms with Crippen LogP contribution in [0.4, 0.5) is 0 Å². The van der Waals surface area contributed by atoms with Gasteiger partial charge in [0, 0.05) is 54.2 Å². The first-order chi connectivity index (χ1) is 60.6. The van der Waals surface area contributed by atoms with Crippen molar-refractivity contribution in [1.82, 2.24) is 28.2 Å². The van der Waals surface area contributed by atoms with Crippen LogP contribution in [0.1, 0.15) is 55.6 Å². The Balaban J connectivity index is 0.000000155. The van der Waals surface area contributed by atoms with E-state index in [2.05, 4.69) is 401 Å². The average molecular weight is 1590 g/mol. The quantitative estimate of drug-likeness (QED) is 0.122. The number of para-hydroxylation sites is 2. The van der Waals surface area contributed by atoms with Crippen molar-refractivity contribution in [2.45, 2.75) is 55.4 Å². The van der Waals surface area contributed by atoms with Gasteiger partial charge in [-0.3, -0.25) is 9.97 Å². The summed E-state index contributed by atoms with van der Waals surface area (Å²) in [5, 5.41) is 29.1. The van der Waals surface area contributed by atoms with Gasteiger partial charge in [-0.2, -0.15) is 10.5 Å². The maximum Gasteiger partial charge on any atom is 0.0991 e. The van der Waals surface area contributed by atoms with Crippen molar-refractivity contribution in [3.05, 3.63) is 420 Å². The van der Waals surface area contributed by atoms with Gasteiger partial charge in [0.15, 0.2) is 0 Å².